The Balaban J connectivity index is 0.00000161. The molecule has 1 aromatic carbocycles. The highest BCUT2D eigenvalue weighted by Gasteiger charge is 2.16. The summed E-state index contributed by atoms with van der Waals surface area (Å²) in [7, 11) is 0. The predicted octanol–water partition coefficient (Wildman–Crippen LogP) is 3.60. The number of guanidine groups is 1. The third kappa shape index (κ3) is 3.90. The molecule has 0 saturated carbocycles. The highest BCUT2D eigenvalue weighted by Crippen LogP contribution is 2.20. The van der Waals surface area contributed by atoms with E-state index < -0.39 is 0 Å². The van der Waals surface area contributed by atoms with Crippen LogP contribution in [0.4, 0.5) is 0 Å². The minimum absolute atomic E-state index is 0. The molecule has 114 valence electrons. The Kier molecular flexibility index (Phi) is 5.50. The van der Waals surface area contributed by atoms with Gasteiger partial charge in [-0.1, -0.05) is 25.1 Å². The average Bonchev–Trinajstić information content (AvgIpc) is 2.88. The molecule has 0 spiro atoms. The number of rotatable bonds is 2. The van der Waals surface area contributed by atoms with E-state index in [1.54, 1.807) is 0 Å². The van der Waals surface area contributed by atoms with Crippen LogP contribution in [0.5, 0.6) is 0 Å². The maximum absolute atomic E-state index is 6.07. The van der Waals surface area contributed by atoms with Gasteiger partial charge in [-0.25, -0.2) is 4.99 Å². The molecule has 2 N–H and O–H groups in total. The van der Waals surface area contributed by atoms with Gasteiger partial charge in [0.25, 0.3) is 0 Å². The van der Waals surface area contributed by atoms with Crippen molar-refractivity contribution in [2.45, 2.75) is 26.3 Å². The van der Waals surface area contributed by atoms with Gasteiger partial charge >= 0.3 is 0 Å². The monoisotopic (exact) mass is 399 g/mol. The van der Waals surface area contributed by atoms with Crippen LogP contribution < -0.4 is 5.73 Å². The summed E-state index contributed by atoms with van der Waals surface area (Å²) >= 11 is 0. The molecule has 2 heterocycles. The first-order valence-corrected chi connectivity index (χ1v) is 7.24. The molecule has 4 nitrogen and oxygen atoms in total. The maximum atomic E-state index is 6.07. The van der Waals surface area contributed by atoms with E-state index >= 15 is 0 Å². The topological polar surface area (TPSA) is 54.8 Å². The number of furan rings is 1. The van der Waals surface area contributed by atoms with Crippen molar-refractivity contribution in [2.24, 2.45) is 16.6 Å². The van der Waals surface area contributed by atoms with Crippen LogP contribution in [0.2, 0.25) is 0 Å². The second kappa shape index (κ2) is 7.15. The number of aliphatic imine (C=N–C) groups is 1. The van der Waals surface area contributed by atoms with Crippen molar-refractivity contribution >= 4 is 40.9 Å². The number of halogens is 1. The van der Waals surface area contributed by atoms with E-state index in [1.807, 2.05) is 30.3 Å². The molecular formula is C16H22IN3O. The molecule has 1 fully saturated rings. The number of nitrogens with zero attached hydrogens (tertiary/aromatic N) is 2. The quantitative estimate of drug-likeness (QED) is 0.477. The molecule has 0 atom stereocenters. The normalized spacial score (nSPS) is 17.0. The van der Waals surface area contributed by atoms with Gasteiger partial charge in [-0.05, 0) is 30.9 Å². The maximum Gasteiger partial charge on any atom is 0.191 e. The number of piperidine rings is 1. The van der Waals surface area contributed by atoms with Crippen molar-refractivity contribution in [1.29, 1.82) is 0 Å². The number of benzene rings is 1. The first-order chi connectivity index (χ1) is 9.72. The van der Waals surface area contributed by atoms with Gasteiger partial charge < -0.3 is 15.1 Å². The summed E-state index contributed by atoms with van der Waals surface area (Å²) in [6.07, 6.45) is 2.39. The Morgan fingerprint density at radius 1 is 1.33 bits per heavy atom. The lowest BCUT2D eigenvalue weighted by Crippen LogP contribution is -2.42. The lowest BCUT2D eigenvalue weighted by Gasteiger charge is -2.30. The van der Waals surface area contributed by atoms with E-state index in [-0.39, 0.29) is 24.0 Å². The molecule has 0 amide bonds. The van der Waals surface area contributed by atoms with Crippen molar-refractivity contribution in [2.75, 3.05) is 13.1 Å². The molecule has 1 aliphatic heterocycles. The molecule has 3 rings (SSSR count). The fourth-order valence-electron chi connectivity index (χ4n) is 2.61. The minimum atomic E-state index is 0. The second-order valence-electron chi connectivity index (χ2n) is 5.59. The van der Waals surface area contributed by atoms with Gasteiger partial charge in [-0.3, -0.25) is 0 Å². The zero-order valence-corrected chi connectivity index (χ0v) is 14.6. The summed E-state index contributed by atoms with van der Waals surface area (Å²) in [6.45, 7) is 4.82. The summed E-state index contributed by atoms with van der Waals surface area (Å²) in [5, 5.41) is 1.11. The summed E-state index contributed by atoms with van der Waals surface area (Å²) in [4.78, 5) is 6.63. The number of nitrogens with two attached hydrogens (primary N) is 1. The smallest absolute Gasteiger partial charge is 0.191 e. The van der Waals surface area contributed by atoms with Gasteiger partial charge in [-0.2, -0.15) is 0 Å². The molecule has 1 aromatic heterocycles. The van der Waals surface area contributed by atoms with Crippen LogP contribution >= 0.6 is 24.0 Å². The van der Waals surface area contributed by atoms with Crippen LogP contribution in [0, 0.1) is 5.92 Å². The lowest BCUT2D eigenvalue weighted by atomic mass is 10.00. The Morgan fingerprint density at radius 2 is 2.05 bits per heavy atom. The summed E-state index contributed by atoms with van der Waals surface area (Å²) < 4.78 is 5.74. The molecule has 0 bridgehead atoms. The van der Waals surface area contributed by atoms with E-state index in [1.165, 1.54) is 12.8 Å². The minimum Gasteiger partial charge on any atom is -0.459 e. The van der Waals surface area contributed by atoms with E-state index in [2.05, 4.69) is 16.8 Å². The predicted molar refractivity (Wildman–Crippen MR) is 96.9 cm³/mol. The van der Waals surface area contributed by atoms with Gasteiger partial charge in [0.2, 0.25) is 0 Å². The first-order valence-electron chi connectivity index (χ1n) is 7.24. The van der Waals surface area contributed by atoms with Gasteiger partial charge in [0.1, 0.15) is 17.9 Å². The van der Waals surface area contributed by atoms with Crippen LogP contribution in [0.3, 0.4) is 0 Å². The molecular weight excluding hydrogens is 377 g/mol. The zero-order valence-electron chi connectivity index (χ0n) is 12.3. The van der Waals surface area contributed by atoms with Crippen LogP contribution in [0.15, 0.2) is 39.7 Å². The van der Waals surface area contributed by atoms with Gasteiger partial charge in [-0.15, -0.1) is 24.0 Å². The molecule has 0 radical (unpaired) electrons. The second-order valence-corrected chi connectivity index (χ2v) is 5.59. The third-order valence-corrected chi connectivity index (χ3v) is 3.98. The van der Waals surface area contributed by atoms with E-state index in [0.29, 0.717) is 12.5 Å². The van der Waals surface area contributed by atoms with Crippen LogP contribution in [0.1, 0.15) is 25.5 Å². The Hall–Kier alpha value is -1.24. The Labute approximate surface area is 142 Å². The van der Waals surface area contributed by atoms with Crippen molar-refractivity contribution < 1.29 is 4.42 Å². The molecule has 5 heteroatoms. The summed E-state index contributed by atoms with van der Waals surface area (Å²) in [5.41, 5.74) is 6.98. The summed E-state index contributed by atoms with van der Waals surface area (Å²) in [6, 6.07) is 10.0. The van der Waals surface area contributed by atoms with Gasteiger partial charge in [0.05, 0.1) is 0 Å². The van der Waals surface area contributed by atoms with Gasteiger partial charge in [0, 0.05) is 18.5 Å². The molecule has 0 aliphatic carbocycles. The number of fused-ring (bicyclic) bond motifs is 1. The van der Waals surface area contributed by atoms with Crippen molar-refractivity contribution in [3.63, 3.8) is 0 Å². The van der Waals surface area contributed by atoms with E-state index in [0.717, 1.165) is 35.7 Å². The first kappa shape index (κ1) is 16.1. The molecule has 1 aliphatic rings. The van der Waals surface area contributed by atoms with Crippen molar-refractivity contribution in [3.8, 4) is 0 Å². The highest BCUT2D eigenvalue weighted by atomic mass is 127. The van der Waals surface area contributed by atoms with Gasteiger partial charge in [0.15, 0.2) is 5.96 Å². The Morgan fingerprint density at radius 3 is 2.76 bits per heavy atom. The van der Waals surface area contributed by atoms with E-state index in [4.69, 9.17) is 10.2 Å². The largest absolute Gasteiger partial charge is 0.459 e. The molecule has 0 unspecified atom stereocenters. The van der Waals surface area contributed by atoms with Crippen LogP contribution in [-0.2, 0) is 6.54 Å². The van der Waals surface area contributed by atoms with Crippen molar-refractivity contribution in [3.05, 3.63) is 36.1 Å². The standard InChI is InChI=1S/C16H21N3O.HI/c1-12-6-8-19(9-7-12)16(17)18-11-14-10-13-4-2-3-5-15(13)20-14;/h2-5,10,12H,6-9,11H2,1H3,(H2,17,18);1H. The SMILES string of the molecule is CC1CCN(C(N)=NCc2cc3ccccc3o2)CC1.I. The molecule has 1 saturated heterocycles. The van der Waals surface area contributed by atoms with Crippen LogP contribution in [-0.4, -0.2) is 23.9 Å². The highest BCUT2D eigenvalue weighted by molar-refractivity contribution is 14.0. The fraction of sp³-hybridized carbons (Fsp3) is 0.438. The number of hydrogen-bond acceptors (Lipinski definition) is 2. The van der Waals surface area contributed by atoms with E-state index in [9.17, 15) is 0 Å². The average molecular weight is 399 g/mol. The lowest BCUT2D eigenvalue weighted by molar-refractivity contribution is 0.277. The number of hydrogen-bond donors (Lipinski definition) is 1. The zero-order chi connectivity index (χ0) is 13.9. The Bertz CT molecular complexity index is 582. The fourth-order valence-corrected chi connectivity index (χ4v) is 2.61. The summed E-state index contributed by atoms with van der Waals surface area (Å²) in [5.74, 6) is 2.30. The van der Waals surface area contributed by atoms with Crippen LogP contribution in [0.25, 0.3) is 11.0 Å². The molecule has 2 aromatic rings. The van der Waals surface area contributed by atoms with Crippen molar-refractivity contribution in [1.82, 2.24) is 4.90 Å². The number of likely N-dealkylation sites (tertiary alicyclic amines) is 1. The molecule has 21 heavy (non-hydrogen) atoms. The third-order valence-electron chi connectivity index (χ3n) is 3.98. The number of para-hydroxylation sites is 1.